The van der Waals surface area contributed by atoms with Gasteiger partial charge in [0.1, 0.15) is 11.5 Å². The average molecular weight is 260 g/mol. The molecule has 0 bridgehead atoms. The summed E-state index contributed by atoms with van der Waals surface area (Å²) in [6, 6.07) is 6.77. The van der Waals surface area contributed by atoms with Gasteiger partial charge in [-0.25, -0.2) is 4.79 Å². The number of fused-ring (bicyclic) bond motifs is 1. The minimum absolute atomic E-state index is 0.142. The summed E-state index contributed by atoms with van der Waals surface area (Å²) in [5, 5.41) is 11.2. The average Bonchev–Trinajstić information content (AvgIpc) is 2.38. The van der Waals surface area contributed by atoms with Gasteiger partial charge in [0.15, 0.2) is 0 Å². The van der Waals surface area contributed by atoms with Crippen molar-refractivity contribution in [3.05, 3.63) is 35.4 Å². The van der Waals surface area contributed by atoms with Crippen LogP contribution in [-0.4, -0.2) is 24.8 Å². The first-order chi connectivity index (χ1) is 9.08. The van der Waals surface area contributed by atoms with Crippen LogP contribution in [0.1, 0.15) is 22.8 Å². The molecule has 0 unspecified atom stereocenters. The number of aromatic hydroxyl groups is 1. The molecule has 0 aromatic heterocycles. The Balaban J connectivity index is 2.76. The molecule has 0 amide bonds. The highest BCUT2D eigenvalue weighted by Gasteiger charge is 2.17. The van der Waals surface area contributed by atoms with E-state index >= 15 is 0 Å². The monoisotopic (exact) mass is 260 g/mol. The Morgan fingerprint density at radius 2 is 2.00 bits per heavy atom. The summed E-state index contributed by atoms with van der Waals surface area (Å²) in [6.07, 6.45) is 0. The maximum Gasteiger partial charge on any atom is 0.339 e. The van der Waals surface area contributed by atoms with Crippen LogP contribution < -0.4 is 4.74 Å². The summed E-state index contributed by atoms with van der Waals surface area (Å²) >= 11 is 0. The Morgan fingerprint density at radius 3 is 2.63 bits per heavy atom. The number of methoxy groups -OCH3 is 1. The van der Waals surface area contributed by atoms with Crippen LogP contribution >= 0.6 is 0 Å². The van der Waals surface area contributed by atoms with Gasteiger partial charge in [-0.3, -0.25) is 0 Å². The third kappa shape index (κ3) is 2.34. The van der Waals surface area contributed by atoms with Crippen molar-refractivity contribution in [3.63, 3.8) is 0 Å². The van der Waals surface area contributed by atoms with Gasteiger partial charge in [0.05, 0.1) is 19.3 Å². The number of hydrogen-bond donors (Lipinski definition) is 1. The largest absolute Gasteiger partial charge is 0.507 e. The van der Waals surface area contributed by atoms with Crippen LogP contribution in [0.2, 0.25) is 0 Å². The molecular formula is C15H16O4. The number of carbonyl (C=O) groups is 1. The molecule has 0 fully saturated rings. The zero-order chi connectivity index (χ0) is 14.0. The van der Waals surface area contributed by atoms with Crippen LogP contribution in [0.25, 0.3) is 10.8 Å². The molecule has 0 saturated carbocycles. The first-order valence-electron chi connectivity index (χ1n) is 6.06. The van der Waals surface area contributed by atoms with Crippen LogP contribution in [0.15, 0.2) is 24.3 Å². The van der Waals surface area contributed by atoms with E-state index in [-0.39, 0.29) is 5.75 Å². The minimum Gasteiger partial charge on any atom is -0.507 e. The molecule has 4 heteroatoms. The number of esters is 1. The fraction of sp³-hybridized carbons (Fsp3) is 0.267. The van der Waals surface area contributed by atoms with Crippen LogP contribution in [-0.2, 0) is 4.74 Å². The predicted octanol–water partition coefficient (Wildman–Crippen LogP) is 3.04. The number of rotatable bonds is 3. The lowest BCUT2D eigenvalue weighted by molar-refractivity contribution is 0.0528. The molecule has 0 spiro atoms. The zero-order valence-corrected chi connectivity index (χ0v) is 11.2. The second-order valence-corrected chi connectivity index (χ2v) is 4.22. The number of ether oxygens (including phenoxy) is 2. The number of carbonyl (C=O) groups excluding carboxylic acids is 1. The molecule has 0 radical (unpaired) electrons. The quantitative estimate of drug-likeness (QED) is 0.862. The summed E-state index contributed by atoms with van der Waals surface area (Å²) < 4.78 is 10.2. The Labute approximate surface area is 111 Å². The molecule has 0 aliphatic rings. The van der Waals surface area contributed by atoms with Crippen molar-refractivity contribution in [3.8, 4) is 11.5 Å². The third-order valence-electron chi connectivity index (χ3n) is 3.00. The van der Waals surface area contributed by atoms with E-state index in [1.54, 1.807) is 45.2 Å². The van der Waals surface area contributed by atoms with Gasteiger partial charge in [-0.1, -0.05) is 0 Å². The van der Waals surface area contributed by atoms with Gasteiger partial charge < -0.3 is 14.6 Å². The summed E-state index contributed by atoms with van der Waals surface area (Å²) in [5.41, 5.74) is 1.14. The van der Waals surface area contributed by atoms with Crippen molar-refractivity contribution in [1.82, 2.24) is 0 Å². The molecule has 2 aromatic carbocycles. The van der Waals surface area contributed by atoms with Crippen molar-refractivity contribution >= 4 is 16.7 Å². The topological polar surface area (TPSA) is 55.8 Å². The highest BCUT2D eigenvalue weighted by molar-refractivity contribution is 6.08. The molecule has 4 nitrogen and oxygen atoms in total. The maximum atomic E-state index is 12.0. The lowest BCUT2D eigenvalue weighted by Gasteiger charge is -2.12. The first kappa shape index (κ1) is 13.2. The van der Waals surface area contributed by atoms with E-state index in [4.69, 9.17) is 9.47 Å². The van der Waals surface area contributed by atoms with Gasteiger partial charge in [0.2, 0.25) is 0 Å². The number of phenols is 1. The van der Waals surface area contributed by atoms with Crippen molar-refractivity contribution in [2.24, 2.45) is 0 Å². The van der Waals surface area contributed by atoms with Gasteiger partial charge in [-0.05, 0) is 43.7 Å². The van der Waals surface area contributed by atoms with E-state index in [1.807, 2.05) is 0 Å². The van der Waals surface area contributed by atoms with Crippen molar-refractivity contribution in [2.75, 3.05) is 13.7 Å². The van der Waals surface area contributed by atoms with Crippen LogP contribution in [0.5, 0.6) is 11.5 Å². The number of aryl methyl sites for hydroxylation is 1. The van der Waals surface area contributed by atoms with Gasteiger partial charge in [0, 0.05) is 10.8 Å². The molecule has 0 saturated heterocycles. The van der Waals surface area contributed by atoms with Gasteiger partial charge in [-0.2, -0.15) is 0 Å². The highest BCUT2D eigenvalue weighted by atomic mass is 16.5. The molecule has 2 rings (SSSR count). The Kier molecular flexibility index (Phi) is 3.60. The summed E-state index contributed by atoms with van der Waals surface area (Å²) in [5.74, 6) is 0.379. The number of benzene rings is 2. The molecule has 100 valence electrons. The number of hydrogen-bond acceptors (Lipinski definition) is 4. The highest BCUT2D eigenvalue weighted by Crippen LogP contribution is 2.33. The SMILES string of the molecule is CCOC(=O)c1c(C)cc(O)c2ccc(OC)cc12. The van der Waals surface area contributed by atoms with Gasteiger partial charge >= 0.3 is 5.97 Å². The molecule has 0 aliphatic carbocycles. The Bertz CT molecular complexity index is 632. The third-order valence-corrected chi connectivity index (χ3v) is 3.00. The number of phenolic OH excluding ortho intramolecular Hbond substituents is 1. The van der Waals surface area contributed by atoms with Crippen LogP contribution in [0.3, 0.4) is 0 Å². The van der Waals surface area contributed by atoms with Gasteiger partial charge in [0.25, 0.3) is 0 Å². The maximum absolute atomic E-state index is 12.0. The normalized spacial score (nSPS) is 10.5. The first-order valence-corrected chi connectivity index (χ1v) is 6.06. The molecular weight excluding hydrogens is 244 g/mol. The van der Waals surface area contributed by atoms with E-state index in [2.05, 4.69) is 0 Å². The smallest absolute Gasteiger partial charge is 0.339 e. The second kappa shape index (κ2) is 5.18. The van der Waals surface area contributed by atoms with Crippen LogP contribution in [0, 0.1) is 6.92 Å². The van der Waals surface area contributed by atoms with E-state index in [0.29, 0.717) is 34.3 Å². The second-order valence-electron chi connectivity index (χ2n) is 4.22. The van der Waals surface area contributed by atoms with E-state index in [0.717, 1.165) is 0 Å². The van der Waals surface area contributed by atoms with E-state index in [1.165, 1.54) is 0 Å². The van der Waals surface area contributed by atoms with Crippen molar-refractivity contribution < 1.29 is 19.4 Å². The van der Waals surface area contributed by atoms with E-state index in [9.17, 15) is 9.90 Å². The molecule has 0 heterocycles. The van der Waals surface area contributed by atoms with E-state index < -0.39 is 5.97 Å². The minimum atomic E-state index is -0.391. The lowest BCUT2D eigenvalue weighted by atomic mass is 9.98. The molecule has 0 atom stereocenters. The van der Waals surface area contributed by atoms with Crippen LogP contribution in [0.4, 0.5) is 0 Å². The summed E-state index contributed by atoms with van der Waals surface area (Å²) in [6.45, 7) is 3.84. The summed E-state index contributed by atoms with van der Waals surface area (Å²) in [4.78, 5) is 12.0. The van der Waals surface area contributed by atoms with Crippen molar-refractivity contribution in [2.45, 2.75) is 13.8 Å². The zero-order valence-electron chi connectivity index (χ0n) is 11.2. The van der Waals surface area contributed by atoms with Gasteiger partial charge in [-0.15, -0.1) is 0 Å². The predicted molar refractivity (Wildman–Crippen MR) is 72.9 cm³/mol. The molecule has 19 heavy (non-hydrogen) atoms. The Morgan fingerprint density at radius 1 is 1.26 bits per heavy atom. The Hall–Kier alpha value is -2.23. The standard InChI is InChI=1S/C15H16O4/c1-4-19-15(17)14-9(2)7-13(16)11-6-5-10(18-3)8-12(11)14/h5-8,16H,4H2,1-3H3. The fourth-order valence-corrected chi connectivity index (χ4v) is 2.12. The molecule has 2 aromatic rings. The fourth-order valence-electron chi connectivity index (χ4n) is 2.12. The van der Waals surface area contributed by atoms with Crippen molar-refractivity contribution in [1.29, 1.82) is 0 Å². The molecule has 0 aliphatic heterocycles. The molecule has 1 N–H and O–H groups in total. The lowest BCUT2D eigenvalue weighted by Crippen LogP contribution is -2.07. The summed E-state index contributed by atoms with van der Waals surface area (Å²) in [7, 11) is 1.56.